The van der Waals surface area contributed by atoms with Crippen LogP contribution in [0.15, 0.2) is 48.5 Å². The SMILES string of the molecule is CC[C@H](C(=O)NC1CCCCC1)N(Cc1ccccc1Cl)C(=O)CN(c1ccc(C(C)C)cc1)S(C)(=O)=O. The first-order chi connectivity index (χ1) is 18.0. The molecule has 38 heavy (non-hydrogen) atoms. The van der Waals surface area contributed by atoms with E-state index in [0.717, 1.165) is 41.8 Å². The fourth-order valence-electron chi connectivity index (χ4n) is 4.91. The van der Waals surface area contributed by atoms with Crippen LogP contribution in [0.5, 0.6) is 0 Å². The third-order valence-corrected chi connectivity index (χ3v) is 8.67. The highest BCUT2D eigenvalue weighted by Gasteiger charge is 2.33. The highest BCUT2D eigenvalue weighted by Crippen LogP contribution is 2.25. The molecule has 0 radical (unpaired) electrons. The number of nitrogens with zero attached hydrogens (tertiary/aromatic N) is 2. The first-order valence-electron chi connectivity index (χ1n) is 13.4. The largest absolute Gasteiger partial charge is 0.352 e. The van der Waals surface area contributed by atoms with Gasteiger partial charge in [0.1, 0.15) is 12.6 Å². The van der Waals surface area contributed by atoms with Gasteiger partial charge in [-0.3, -0.25) is 13.9 Å². The number of carbonyl (C=O) groups is 2. The van der Waals surface area contributed by atoms with Gasteiger partial charge in [-0.25, -0.2) is 8.42 Å². The van der Waals surface area contributed by atoms with Crippen molar-refractivity contribution in [3.63, 3.8) is 0 Å². The molecule has 0 aliphatic heterocycles. The number of anilines is 1. The Kier molecular flexibility index (Phi) is 10.6. The second kappa shape index (κ2) is 13.5. The lowest BCUT2D eigenvalue weighted by Gasteiger charge is -2.34. The minimum absolute atomic E-state index is 0.0922. The van der Waals surface area contributed by atoms with Gasteiger partial charge in [0.15, 0.2) is 0 Å². The molecule has 1 N–H and O–H groups in total. The Bertz CT molecular complexity index is 1190. The molecule has 0 aromatic heterocycles. The highest BCUT2D eigenvalue weighted by atomic mass is 35.5. The molecule has 1 fully saturated rings. The van der Waals surface area contributed by atoms with Gasteiger partial charge in [0, 0.05) is 17.6 Å². The fraction of sp³-hybridized carbons (Fsp3) is 0.517. The first kappa shape index (κ1) is 30.0. The van der Waals surface area contributed by atoms with Gasteiger partial charge in [0.2, 0.25) is 21.8 Å². The Morgan fingerprint density at radius 2 is 1.66 bits per heavy atom. The number of amides is 2. The lowest BCUT2D eigenvalue weighted by Crippen LogP contribution is -2.54. The molecule has 1 aliphatic carbocycles. The van der Waals surface area contributed by atoms with Crippen LogP contribution in [0.1, 0.15) is 76.3 Å². The second-order valence-corrected chi connectivity index (χ2v) is 12.7. The molecule has 7 nitrogen and oxygen atoms in total. The molecule has 2 amide bonds. The summed E-state index contributed by atoms with van der Waals surface area (Å²) < 4.78 is 26.7. The van der Waals surface area contributed by atoms with Crippen LogP contribution in [-0.2, 0) is 26.2 Å². The molecule has 2 aromatic rings. The number of nitrogens with one attached hydrogen (secondary N) is 1. The minimum Gasteiger partial charge on any atom is -0.352 e. The van der Waals surface area contributed by atoms with Gasteiger partial charge in [0.05, 0.1) is 11.9 Å². The van der Waals surface area contributed by atoms with Crippen LogP contribution in [0, 0.1) is 0 Å². The van der Waals surface area contributed by atoms with E-state index >= 15 is 0 Å². The van der Waals surface area contributed by atoms with Crippen molar-refractivity contribution in [2.45, 2.75) is 83.8 Å². The van der Waals surface area contributed by atoms with E-state index in [0.29, 0.717) is 22.7 Å². The summed E-state index contributed by atoms with van der Waals surface area (Å²) in [6.45, 7) is 5.65. The van der Waals surface area contributed by atoms with E-state index in [1.54, 1.807) is 24.3 Å². The quantitative estimate of drug-likeness (QED) is 0.393. The monoisotopic (exact) mass is 561 g/mol. The van der Waals surface area contributed by atoms with Crippen molar-refractivity contribution in [3.05, 3.63) is 64.7 Å². The summed E-state index contributed by atoms with van der Waals surface area (Å²) >= 11 is 6.43. The predicted octanol–water partition coefficient (Wildman–Crippen LogP) is 5.49. The number of rotatable bonds is 11. The van der Waals surface area contributed by atoms with E-state index in [2.05, 4.69) is 19.2 Å². The lowest BCUT2D eigenvalue weighted by atomic mass is 9.95. The van der Waals surface area contributed by atoms with Gasteiger partial charge >= 0.3 is 0 Å². The minimum atomic E-state index is -3.78. The van der Waals surface area contributed by atoms with E-state index in [1.807, 2.05) is 31.2 Å². The number of halogens is 1. The van der Waals surface area contributed by atoms with Gasteiger partial charge in [-0.15, -0.1) is 0 Å². The Morgan fingerprint density at radius 1 is 1.03 bits per heavy atom. The molecule has 2 aromatic carbocycles. The smallest absolute Gasteiger partial charge is 0.244 e. The molecular formula is C29H40ClN3O4S. The van der Waals surface area contributed by atoms with Crippen molar-refractivity contribution in [3.8, 4) is 0 Å². The van der Waals surface area contributed by atoms with Crippen LogP contribution in [0.2, 0.25) is 5.02 Å². The van der Waals surface area contributed by atoms with Crippen LogP contribution in [-0.4, -0.2) is 50.0 Å². The molecule has 1 aliphatic rings. The zero-order chi connectivity index (χ0) is 27.9. The third-order valence-electron chi connectivity index (χ3n) is 7.16. The molecule has 0 heterocycles. The molecule has 0 unspecified atom stereocenters. The van der Waals surface area contributed by atoms with E-state index in [9.17, 15) is 18.0 Å². The number of hydrogen-bond donors (Lipinski definition) is 1. The van der Waals surface area contributed by atoms with Gasteiger partial charge in [-0.2, -0.15) is 0 Å². The van der Waals surface area contributed by atoms with Crippen LogP contribution in [0.4, 0.5) is 5.69 Å². The third kappa shape index (κ3) is 7.96. The average molecular weight is 562 g/mol. The zero-order valence-electron chi connectivity index (χ0n) is 22.8. The molecule has 0 spiro atoms. The molecule has 1 saturated carbocycles. The van der Waals surface area contributed by atoms with Gasteiger partial charge < -0.3 is 10.2 Å². The first-order valence-corrected chi connectivity index (χ1v) is 15.6. The Morgan fingerprint density at radius 3 is 2.21 bits per heavy atom. The second-order valence-electron chi connectivity index (χ2n) is 10.4. The molecular weight excluding hydrogens is 522 g/mol. The summed E-state index contributed by atoms with van der Waals surface area (Å²) in [6, 6.07) is 13.7. The van der Waals surface area contributed by atoms with Crippen LogP contribution in [0.25, 0.3) is 0 Å². The summed E-state index contributed by atoms with van der Waals surface area (Å²) in [4.78, 5) is 28.8. The van der Waals surface area contributed by atoms with Crippen molar-refractivity contribution in [2.24, 2.45) is 0 Å². The van der Waals surface area contributed by atoms with E-state index < -0.39 is 28.5 Å². The summed E-state index contributed by atoms with van der Waals surface area (Å²) in [7, 11) is -3.78. The topological polar surface area (TPSA) is 86.8 Å². The van der Waals surface area contributed by atoms with Crippen molar-refractivity contribution < 1.29 is 18.0 Å². The Balaban J connectivity index is 1.92. The van der Waals surface area contributed by atoms with Crippen LogP contribution < -0.4 is 9.62 Å². The van der Waals surface area contributed by atoms with Gasteiger partial charge in [0.25, 0.3) is 0 Å². The maximum atomic E-state index is 13.9. The average Bonchev–Trinajstić information content (AvgIpc) is 2.88. The van der Waals surface area contributed by atoms with E-state index in [4.69, 9.17) is 11.6 Å². The normalized spacial score (nSPS) is 15.2. The van der Waals surface area contributed by atoms with Crippen molar-refractivity contribution in [1.29, 1.82) is 0 Å². The maximum absolute atomic E-state index is 13.9. The molecule has 0 bridgehead atoms. The van der Waals surface area contributed by atoms with Crippen LogP contribution in [0.3, 0.4) is 0 Å². The summed E-state index contributed by atoms with van der Waals surface area (Å²) in [6.07, 6.45) is 6.63. The van der Waals surface area contributed by atoms with Crippen molar-refractivity contribution in [1.82, 2.24) is 10.2 Å². The maximum Gasteiger partial charge on any atom is 0.244 e. The van der Waals surface area contributed by atoms with Gasteiger partial charge in [-0.05, 0) is 54.5 Å². The Labute approximate surface area is 232 Å². The van der Waals surface area contributed by atoms with Crippen molar-refractivity contribution >= 4 is 39.1 Å². The van der Waals surface area contributed by atoms with E-state index in [1.165, 1.54) is 11.3 Å². The number of sulfonamides is 1. The summed E-state index contributed by atoms with van der Waals surface area (Å²) in [5.41, 5.74) is 2.17. The van der Waals surface area contributed by atoms with E-state index in [-0.39, 0.29) is 24.4 Å². The summed E-state index contributed by atoms with van der Waals surface area (Å²) in [5, 5.41) is 3.62. The molecule has 0 saturated heterocycles. The molecule has 208 valence electrons. The lowest BCUT2D eigenvalue weighted by molar-refractivity contribution is -0.140. The molecule has 3 rings (SSSR count). The molecule has 1 atom stereocenters. The van der Waals surface area contributed by atoms with Crippen LogP contribution >= 0.6 is 11.6 Å². The number of hydrogen-bond acceptors (Lipinski definition) is 4. The van der Waals surface area contributed by atoms with Gasteiger partial charge in [-0.1, -0.05) is 82.0 Å². The standard InChI is InChI=1S/C29H40ClN3O4S/c1-5-27(29(35)31-24-12-7-6-8-13-24)32(19-23-11-9-10-14-26(23)30)28(34)20-33(38(4,36)37)25-17-15-22(16-18-25)21(2)3/h9-11,14-18,21,24,27H,5-8,12-13,19-20H2,1-4H3,(H,31,35)/t27-/m1/s1. The fourth-order valence-corrected chi connectivity index (χ4v) is 5.96. The number of carbonyl (C=O) groups excluding carboxylic acids is 2. The van der Waals surface area contributed by atoms with Crippen molar-refractivity contribution in [2.75, 3.05) is 17.1 Å². The number of benzene rings is 2. The molecule has 9 heteroatoms. The predicted molar refractivity (Wildman–Crippen MR) is 154 cm³/mol. The highest BCUT2D eigenvalue weighted by molar-refractivity contribution is 7.92. The Hall–Kier alpha value is -2.58. The summed E-state index contributed by atoms with van der Waals surface area (Å²) in [5.74, 6) is -0.391. The zero-order valence-corrected chi connectivity index (χ0v) is 24.4.